The van der Waals surface area contributed by atoms with Gasteiger partial charge in [0.05, 0.1) is 5.75 Å². The van der Waals surface area contributed by atoms with Crippen molar-refractivity contribution in [2.24, 2.45) is 0 Å². The van der Waals surface area contributed by atoms with E-state index in [-0.39, 0.29) is 5.75 Å². The second-order valence-electron chi connectivity index (χ2n) is 3.40. The van der Waals surface area contributed by atoms with Gasteiger partial charge >= 0.3 is 0 Å². The highest BCUT2D eigenvalue weighted by Gasteiger charge is 2.13. The van der Waals surface area contributed by atoms with E-state index in [1.165, 1.54) is 6.08 Å². The van der Waals surface area contributed by atoms with E-state index in [4.69, 9.17) is 0 Å². The number of hydrogen-bond donors (Lipinski definition) is 1. The third-order valence-electron chi connectivity index (χ3n) is 1.83. The van der Waals surface area contributed by atoms with Crippen LogP contribution < -0.4 is 5.32 Å². The fraction of sp³-hybridized carbons (Fsp3) is 0.700. The molecule has 0 aromatic heterocycles. The number of carbonyl (C=O) groups is 1. The summed E-state index contributed by atoms with van der Waals surface area (Å²) in [5.74, 6) is -1.01. The van der Waals surface area contributed by atoms with Crippen LogP contribution in [0.1, 0.15) is 26.2 Å². The summed E-state index contributed by atoms with van der Waals surface area (Å²) in [6.07, 6.45) is 4.30. The molecule has 88 valence electrons. The zero-order valence-electron chi connectivity index (χ0n) is 9.16. The van der Waals surface area contributed by atoms with Crippen LogP contribution in [0.25, 0.3) is 0 Å². The Morgan fingerprint density at radius 3 is 2.60 bits per heavy atom. The van der Waals surface area contributed by atoms with Gasteiger partial charge < -0.3 is 5.32 Å². The van der Waals surface area contributed by atoms with Crippen LogP contribution in [-0.4, -0.2) is 32.4 Å². The molecule has 0 aromatic rings. The van der Waals surface area contributed by atoms with Crippen molar-refractivity contribution in [3.8, 4) is 0 Å². The lowest BCUT2D eigenvalue weighted by molar-refractivity contribution is -0.118. The molecule has 1 amide bonds. The van der Waals surface area contributed by atoms with Gasteiger partial charge in [0.25, 0.3) is 0 Å². The van der Waals surface area contributed by atoms with Crippen LogP contribution in [0.2, 0.25) is 0 Å². The lowest BCUT2D eigenvalue weighted by Crippen LogP contribution is -2.31. The molecule has 4 nitrogen and oxygen atoms in total. The zero-order valence-corrected chi connectivity index (χ0v) is 9.98. The second kappa shape index (κ2) is 7.45. The van der Waals surface area contributed by atoms with Gasteiger partial charge in [-0.3, -0.25) is 4.79 Å². The van der Waals surface area contributed by atoms with E-state index in [1.807, 2.05) is 0 Å². The monoisotopic (exact) mass is 233 g/mol. The minimum atomic E-state index is -3.30. The SMILES string of the molecule is C=CCS(=O)(=O)CC(=O)NCCCCC. The molecule has 15 heavy (non-hydrogen) atoms. The Balaban J connectivity index is 3.78. The summed E-state index contributed by atoms with van der Waals surface area (Å²) in [5.41, 5.74) is 0. The molecule has 0 atom stereocenters. The Morgan fingerprint density at radius 1 is 1.40 bits per heavy atom. The molecule has 0 heterocycles. The van der Waals surface area contributed by atoms with Gasteiger partial charge in [0.2, 0.25) is 5.91 Å². The van der Waals surface area contributed by atoms with Crippen molar-refractivity contribution in [1.29, 1.82) is 0 Å². The van der Waals surface area contributed by atoms with Crippen LogP contribution in [0.5, 0.6) is 0 Å². The predicted octanol–water partition coefficient (Wildman–Crippen LogP) is 0.894. The number of rotatable bonds is 8. The molecule has 0 aromatic carbocycles. The fourth-order valence-electron chi connectivity index (χ4n) is 1.09. The van der Waals surface area contributed by atoms with E-state index in [2.05, 4.69) is 18.8 Å². The van der Waals surface area contributed by atoms with Gasteiger partial charge in [0.15, 0.2) is 9.84 Å². The standard InChI is InChI=1S/C10H19NO3S/c1-3-5-6-7-11-10(12)9-15(13,14)8-4-2/h4H,2-3,5-9H2,1H3,(H,11,12). The summed E-state index contributed by atoms with van der Waals surface area (Å²) < 4.78 is 22.4. The maximum Gasteiger partial charge on any atom is 0.235 e. The molecule has 0 aliphatic carbocycles. The van der Waals surface area contributed by atoms with Crippen molar-refractivity contribution < 1.29 is 13.2 Å². The van der Waals surface area contributed by atoms with E-state index in [0.717, 1.165) is 19.3 Å². The van der Waals surface area contributed by atoms with Gasteiger partial charge in [-0.25, -0.2) is 8.42 Å². The molecule has 1 N–H and O–H groups in total. The van der Waals surface area contributed by atoms with Crippen LogP contribution in [0.3, 0.4) is 0 Å². The molecule has 0 saturated heterocycles. The highest BCUT2D eigenvalue weighted by molar-refractivity contribution is 7.92. The second-order valence-corrected chi connectivity index (χ2v) is 5.51. The highest BCUT2D eigenvalue weighted by Crippen LogP contribution is 1.93. The van der Waals surface area contributed by atoms with E-state index < -0.39 is 21.5 Å². The van der Waals surface area contributed by atoms with E-state index >= 15 is 0 Å². The summed E-state index contributed by atoms with van der Waals surface area (Å²) in [6, 6.07) is 0. The minimum Gasteiger partial charge on any atom is -0.355 e. The van der Waals surface area contributed by atoms with Gasteiger partial charge in [0, 0.05) is 6.54 Å². The van der Waals surface area contributed by atoms with Crippen molar-refractivity contribution in [2.75, 3.05) is 18.1 Å². The molecular formula is C10H19NO3S. The number of nitrogens with one attached hydrogen (secondary N) is 1. The van der Waals surface area contributed by atoms with Gasteiger partial charge in [-0.15, -0.1) is 6.58 Å². The third-order valence-corrected chi connectivity index (χ3v) is 3.27. The van der Waals surface area contributed by atoms with E-state index in [1.54, 1.807) is 0 Å². The van der Waals surface area contributed by atoms with Gasteiger partial charge in [0.1, 0.15) is 5.75 Å². The number of unbranched alkanes of at least 4 members (excludes halogenated alkanes) is 2. The smallest absolute Gasteiger partial charge is 0.235 e. The van der Waals surface area contributed by atoms with Crippen molar-refractivity contribution in [3.05, 3.63) is 12.7 Å². The van der Waals surface area contributed by atoms with Crippen molar-refractivity contribution in [3.63, 3.8) is 0 Å². The average Bonchev–Trinajstić information content (AvgIpc) is 2.11. The van der Waals surface area contributed by atoms with Gasteiger partial charge in [-0.05, 0) is 6.42 Å². The molecule has 0 bridgehead atoms. The molecule has 0 radical (unpaired) electrons. The van der Waals surface area contributed by atoms with Crippen molar-refractivity contribution >= 4 is 15.7 Å². The minimum absolute atomic E-state index is 0.143. The molecule has 0 aliphatic rings. The summed E-state index contributed by atoms with van der Waals surface area (Å²) in [7, 11) is -3.30. The van der Waals surface area contributed by atoms with Crippen LogP contribution >= 0.6 is 0 Å². The topological polar surface area (TPSA) is 63.2 Å². The first-order valence-corrected chi connectivity index (χ1v) is 6.92. The Kier molecular flexibility index (Phi) is 7.03. The van der Waals surface area contributed by atoms with E-state index in [9.17, 15) is 13.2 Å². The summed E-state index contributed by atoms with van der Waals surface area (Å²) in [5, 5.41) is 2.58. The van der Waals surface area contributed by atoms with Crippen molar-refractivity contribution in [2.45, 2.75) is 26.2 Å². The Bertz CT molecular complexity index is 296. The third kappa shape index (κ3) is 8.17. The van der Waals surface area contributed by atoms with Crippen LogP contribution in [0.4, 0.5) is 0 Å². The lowest BCUT2D eigenvalue weighted by atomic mass is 10.2. The number of amides is 1. The quantitative estimate of drug-likeness (QED) is 0.500. The number of hydrogen-bond acceptors (Lipinski definition) is 3. The lowest BCUT2D eigenvalue weighted by Gasteiger charge is -2.04. The van der Waals surface area contributed by atoms with Crippen LogP contribution in [0, 0.1) is 0 Å². The molecule has 0 unspecified atom stereocenters. The van der Waals surface area contributed by atoms with E-state index in [0.29, 0.717) is 6.54 Å². The predicted molar refractivity (Wildman–Crippen MR) is 61.4 cm³/mol. The molecule has 0 fully saturated rings. The molecule has 5 heteroatoms. The van der Waals surface area contributed by atoms with Crippen LogP contribution in [0.15, 0.2) is 12.7 Å². The average molecular weight is 233 g/mol. The summed E-state index contributed by atoms with van der Waals surface area (Å²) >= 11 is 0. The molecule has 0 spiro atoms. The molecule has 0 saturated carbocycles. The molecular weight excluding hydrogens is 214 g/mol. The Morgan fingerprint density at radius 2 is 2.07 bits per heavy atom. The van der Waals surface area contributed by atoms with Gasteiger partial charge in [-0.2, -0.15) is 0 Å². The van der Waals surface area contributed by atoms with Crippen molar-refractivity contribution in [1.82, 2.24) is 5.32 Å². The maximum absolute atomic E-state index is 11.2. The Labute approximate surface area is 91.7 Å². The first-order chi connectivity index (χ1) is 7.02. The molecule has 0 rings (SSSR count). The fourth-order valence-corrected chi connectivity index (χ4v) is 2.07. The maximum atomic E-state index is 11.2. The van der Waals surface area contributed by atoms with Crippen LogP contribution in [-0.2, 0) is 14.6 Å². The normalized spacial score (nSPS) is 11.0. The molecule has 0 aliphatic heterocycles. The summed E-state index contributed by atoms with van der Waals surface area (Å²) in [4.78, 5) is 11.2. The first kappa shape index (κ1) is 14.2. The zero-order chi connectivity index (χ0) is 11.7. The number of sulfone groups is 1. The Hall–Kier alpha value is -0.840. The number of carbonyl (C=O) groups excluding carboxylic acids is 1. The van der Waals surface area contributed by atoms with Gasteiger partial charge in [-0.1, -0.05) is 25.8 Å². The highest BCUT2D eigenvalue weighted by atomic mass is 32.2. The largest absolute Gasteiger partial charge is 0.355 e. The summed E-state index contributed by atoms with van der Waals surface area (Å²) in [6.45, 7) is 5.95. The first-order valence-electron chi connectivity index (χ1n) is 5.10.